The van der Waals surface area contributed by atoms with E-state index < -0.39 is 6.10 Å². The van der Waals surface area contributed by atoms with Crippen molar-refractivity contribution in [1.82, 2.24) is 4.98 Å². The first-order valence-corrected chi connectivity index (χ1v) is 6.21. The van der Waals surface area contributed by atoms with E-state index in [0.29, 0.717) is 5.82 Å². The Kier molecular flexibility index (Phi) is 5.58. The van der Waals surface area contributed by atoms with E-state index >= 15 is 0 Å². The number of unbranched alkanes of at least 4 members (excludes halogenated alkanes) is 1. The number of nitrogens with zero attached hydrogens (tertiary/aromatic N) is 2. The second kappa shape index (κ2) is 6.96. The third kappa shape index (κ3) is 4.33. The highest BCUT2D eigenvalue weighted by Gasteiger charge is 2.12. The fourth-order valence-corrected chi connectivity index (χ4v) is 1.68. The number of carbonyl (C=O) groups is 1. The number of rotatable bonds is 7. The molecule has 5 heteroatoms. The molecule has 0 aliphatic carbocycles. The number of hydrogen-bond acceptors (Lipinski definition) is 4. The Morgan fingerprint density at radius 3 is 2.89 bits per heavy atom. The maximum Gasteiger partial charge on any atom is 0.236 e. The zero-order valence-electron chi connectivity index (χ0n) is 11.0. The van der Waals surface area contributed by atoms with Gasteiger partial charge in [-0.05, 0) is 31.0 Å². The lowest BCUT2D eigenvalue weighted by atomic mass is 10.1. The predicted molar refractivity (Wildman–Crippen MR) is 71.2 cm³/mol. The van der Waals surface area contributed by atoms with Gasteiger partial charge in [0.15, 0.2) is 0 Å². The third-order valence-corrected chi connectivity index (χ3v) is 2.70. The molecule has 0 saturated heterocycles. The lowest BCUT2D eigenvalue weighted by Gasteiger charge is -2.22. The molecular weight excluding hydrogens is 230 g/mol. The molecule has 1 aromatic rings. The number of aliphatic hydroxyl groups excluding tert-OH is 1. The normalized spacial score (nSPS) is 12.2. The van der Waals surface area contributed by atoms with Crippen LogP contribution in [0.1, 0.15) is 38.4 Å². The van der Waals surface area contributed by atoms with Gasteiger partial charge < -0.3 is 15.7 Å². The third-order valence-electron chi connectivity index (χ3n) is 2.70. The summed E-state index contributed by atoms with van der Waals surface area (Å²) < 4.78 is 0. The van der Waals surface area contributed by atoms with E-state index in [1.54, 1.807) is 25.3 Å². The zero-order chi connectivity index (χ0) is 13.5. The molecule has 3 N–H and O–H groups in total. The van der Waals surface area contributed by atoms with E-state index in [-0.39, 0.29) is 12.5 Å². The lowest BCUT2D eigenvalue weighted by Crippen LogP contribution is -2.35. The van der Waals surface area contributed by atoms with E-state index in [9.17, 15) is 9.90 Å². The molecule has 1 heterocycles. The van der Waals surface area contributed by atoms with Crippen LogP contribution in [0, 0.1) is 0 Å². The second-order valence-electron chi connectivity index (χ2n) is 4.36. The maximum atomic E-state index is 11.1. The molecule has 0 fully saturated rings. The smallest absolute Gasteiger partial charge is 0.236 e. The van der Waals surface area contributed by atoms with E-state index in [2.05, 4.69) is 11.9 Å². The van der Waals surface area contributed by atoms with Crippen LogP contribution in [0.5, 0.6) is 0 Å². The van der Waals surface area contributed by atoms with Crippen molar-refractivity contribution in [2.24, 2.45) is 5.73 Å². The van der Waals surface area contributed by atoms with Crippen LogP contribution >= 0.6 is 0 Å². The van der Waals surface area contributed by atoms with Crippen LogP contribution in [0.15, 0.2) is 18.3 Å². The Hall–Kier alpha value is -1.62. The first-order chi connectivity index (χ1) is 8.54. The molecular formula is C13H21N3O2. The van der Waals surface area contributed by atoms with Gasteiger partial charge in [-0.1, -0.05) is 13.3 Å². The highest BCUT2D eigenvalue weighted by Crippen LogP contribution is 2.18. The fourth-order valence-electron chi connectivity index (χ4n) is 1.68. The predicted octanol–water partition coefficient (Wildman–Crippen LogP) is 1.23. The summed E-state index contributed by atoms with van der Waals surface area (Å²) in [4.78, 5) is 17.1. The molecule has 0 saturated carbocycles. The maximum absolute atomic E-state index is 11.1. The van der Waals surface area contributed by atoms with Crippen molar-refractivity contribution in [2.45, 2.75) is 32.8 Å². The van der Waals surface area contributed by atoms with Gasteiger partial charge in [0.05, 0.1) is 12.6 Å². The molecule has 18 heavy (non-hydrogen) atoms. The van der Waals surface area contributed by atoms with Crippen molar-refractivity contribution in [1.29, 1.82) is 0 Å². The molecule has 1 rings (SSSR count). The number of pyridine rings is 1. The number of anilines is 1. The number of carbonyl (C=O) groups excluding carboxylic acids is 1. The number of primary amides is 1. The summed E-state index contributed by atoms with van der Waals surface area (Å²) in [6.45, 7) is 4.66. The second-order valence-corrected chi connectivity index (χ2v) is 4.36. The molecule has 1 atom stereocenters. The average molecular weight is 251 g/mol. The van der Waals surface area contributed by atoms with E-state index in [1.807, 2.05) is 4.90 Å². The zero-order valence-corrected chi connectivity index (χ0v) is 11.0. The first kappa shape index (κ1) is 14.4. The summed E-state index contributed by atoms with van der Waals surface area (Å²) in [6, 6.07) is 3.56. The van der Waals surface area contributed by atoms with Gasteiger partial charge in [-0.15, -0.1) is 0 Å². The Labute approximate surface area is 108 Å². The van der Waals surface area contributed by atoms with Crippen molar-refractivity contribution in [3.05, 3.63) is 23.9 Å². The standard InChI is InChI=1S/C13H21N3O2/c1-3-4-7-16(9-12(14)18)13-8-11(10(2)17)5-6-15-13/h5-6,8,10,17H,3-4,7,9H2,1-2H3,(H2,14,18). The minimum absolute atomic E-state index is 0.149. The van der Waals surface area contributed by atoms with Gasteiger partial charge in [0, 0.05) is 12.7 Å². The molecule has 0 aromatic carbocycles. The SMILES string of the molecule is CCCCN(CC(N)=O)c1cc(C(C)O)ccn1. The first-order valence-electron chi connectivity index (χ1n) is 6.21. The number of aromatic nitrogens is 1. The lowest BCUT2D eigenvalue weighted by molar-refractivity contribution is -0.116. The number of aliphatic hydroxyl groups is 1. The van der Waals surface area contributed by atoms with Crippen molar-refractivity contribution < 1.29 is 9.90 Å². The van der Waals surface area contributed by atoms with Crippen LogP contribution in [0.25, 0.3) is 0 Å². The van der Waals surface area contributed by atoms with Crippen molar-refractivity contribution >= 4 is 11.7 Å². The Morgan fingerprint density at radius 2 is 2.33 bits per heavy atom. The Balaban J connectivity index is 2.89. The van der Waals surface area contributed by atoms with Crippen molar-refractivity contribution in [3.63, 3.8) is 0 Å². The van der Waals surface area contributed by atoms with Crippen LogP contribution in [-0.4, -0.2) is 29.1 Å². The van der Waals surface area contributed by atoms with Crippen molar-refractivity contribution in [3.8, 4) is 0 Å². The summed E-state index contributed by atoms with van der Waals surface area (Å²) in [5.74, 6) is 0.302. The Morgan fingerprint density at radius 1 is 1.61 bits per heavy atom. The molecule has 1 aromatic heterocycles. The van der Waals surface area contributed by atoms with Gasteiger partial charge in [0.1, 0.15) is 5.82 Å². The molecule has 100 valence electrons. The summed E-state index contributed by atoms with van der Waals surface area (Å²) >= 11 is 0. The molecule has 1 amide bonds. The largest absolute Gasteiger partial charge is 0.389 e. The van der Waals surface area contributed by atoms with Gasteiger partial charge in [-0.2, -0.15) is 0 Å². The monoisotopic (exact) mass is 251 g/mol. The van der Waals surface area contributed by atoms with Crippen molar-refractivity contribution in [2.75, 3.05) is 18.0 Å². The van der Waals surface area contributed by atoms with Gasteiger partial charge >= 0.3 is 0 Å². The van der Waals surface area contributed by atoms with Crippen LogP contribution in [0.3, 0.4) is 0 Å². The van der Waals surface area contributed by atoms with E-state index in [1.165, 1.54) is 0 Å². The molecule has 5 nitrogen and oxygen atoms in total. The summed E-state index contributed by atoms with van der Waals surface area (Å²) in [6.07, 6.45) is 3.09. The van der Waals surface area contributed by atoms with Gasteiger partial charge in [0.25, 0.3) is 0 Å². The van der Waals surface area contributed by atoms with E-state index in [0.717, 1.165) is 24.9 Å². The van der Waals surface area contributed by atoms with Crippen LogP contribution in [-0.2, 0) is 4.79 Å². The van der Waals surface area contributed by atoms with Gasteiger partial charge in [-0.3, -0.25) is 4.79 Å². The fraction of sp³-hybridized carbons (Fsp3) is 0.538. The molecule has 0 spiro atoms. The highest BCUT2D eigenvalue weighted by molar-refractivity contribution is 5.79. The highest BCUT2D eigenvalue weighted by atomic mass is 16.3. The number of amides is 1. The molecule has 0 radical (unpaired) electrons. The van der Waals surface area contributed by atoms with E-state index in [4.69, 9.17) is 5.73 Å². The Bertz CT molecular complexity index is 394. The number of nitrogens with two attached hydrogens (primary N) is 1. The van der Waals surface area contributed by atoms with Crippen LogP contribution in [0.2, 0.25) is 0 Å². The molecule has 0 bridgehead atoms. The van der Waals surface area contributed by atoms with Gasteiger partial charge in [0.2, 0.25) is 5.91 Å². The summed E-state index contributed by atoms with van der Waals surface area (Å²) in [5.41, 5.74) is 6.03. The van der Waals surface area contributed by atoms with Crippen LogP contribution < -0.4 is 10.6 Å². The van der Waals surface area contributed by atoms with Gasteiger partial charge in [-0.25, -0.2) is 4.98 Å². The number of hydrogen-bond donors (Lipinski definition) is 2. The van der Waals surface area contributed by atoms with Crippen LogP contribution in [0.4, 0.5) is 5.82 Å². The summed E-state index contributed by atoms with van der Waals surface area (Å²) in [5, 5.41) is 9.55. The minimum Gasteiger partial charge on any atom is -0.389 e. The molecule has 0 aliphatic heterocycles. The quantitative estimate of drug-likeness (QED) is 0.763. The molecule has 1 unspecified atom stereocenters. The topological polar surface area (TPSA) is 79.5 Å². The average Bonchev–Trinajstić information content (AvgIpc) is 2.34. The summed E-state index contributed by atoms with van der Waals surface area (Å²) in [7, 11) is 0. The minimum atomic E-state index is -0.548. The molecule has 0 aliphatic rings.